The summed E-state index contributed by atoms with van der Waals surface area (Å²) in [7, 11) is 0. The van der Waals surface area contributed by atoms with Crippen LogP contribution in [0.2, 0.25) is 0 Å². The van der Waals surface area contributed by atoms with Crippen LogP contribution in [0.1, 0.15) is 41.2 Å². The highest BCUT2D eigenvalue weighted by molar-refractivity contribution is 7.12. The van der Waals surface area contributed by atoms with Crippen molar-refractivity contribution >= 4 is 23.1 Å². The Balaban J connectivity index is 1.73. The number of benzene rings is 1. The first kappa shape index (κ1) is 19.0. The summed E-state index contributed by atoms with van der Waals surface area (Å²) in [4.78, 5) is 29.5. The van der Waals surface area contributed by atoms with Crippen LogP contribution in [0.4, 0.5) is 0 Å². The molecule has 0 N–H and O–H groups in total. The summed E-state index contributed by atoms with van der Waals surface area (Å²) in [5, 5.41) is 2.70. The topological polar surface area (TPSA) is 61.2 Å². The van der Waals surface area contributed by atoms with Crippen LogP contribution in [0.15, 0.2) is 48.0 Å². The molecule has 0 spiro atoms. The predicted octanol–water partition coefficient (Wildman–Crippen LogP) is 4.25. The van der Waals surface area contributed by atoms with Crippen molar-refractivity contribution in [3.63, 3.8) is 0 Å². The number of ketones is 1. The first-order valence-electron chi connectivity index (χ1n) is 8.67. The van der Waals surface area contributed by atoms with Crippen LogP contribution in [-0.2, 0) is 14.9 Å². The van der Waals surface area contributed by atoms with Crippen LogP contribution in [0.3, 0.4) is 0 Å². The molecule has 6 heteroatoms. The van der Waals surface area contributed by atoms with E-state index in [4.69, 9.17) is 4.74 Å². The molecular weight excluding hydrogens is 360 g/mol. The van der Waals surface area contributed by atoms with Gasteiger partial charge in [-0.3, -0.25) is 14.2 Å². The summed E-state index contributed by atoms with van der Waals surface area (Å²) >= 11 is 1.50. The zero-order chi connectivity index (χ0) is 19.6. The standard InChI is InChI=1S/C21H22N2O3S/c1-14-12-17(15(2)23(14)20-22-10-11-27-20)18(24)13-26-19(25)21(3,4)16-8-6-5-7-9-16/h5-12H,13H2,1-4H3. The minimum atomic E-state index is -0.820. The molecule has 0 aliphatic heterocycles. The molecule has 0 radical (unpaired) electrons. The molecule has 2 heterocycles. The number of hydrogen-bond acceptors (Lipinski definition) is 5. The molecule has 0 atom stereocenters. The van der Waals surface area contributed by atoms with Crippen molar-refractivity contribution in [2.45, 2.75) is 33.1 Å². The second kappa shape index (κ2) is 7.48. The lowest BCUT2D eigenvalue weighted by Gasteiger charge is -2.22. The number of nitrogens with zero attached hydrogens (tertiary/aromatic N) is 2. The third kappa shape index (κ3) is 3.71. The van der Waals surface area contributed by atoms with Gasteiger partial charge in [-0.25, -0.2) is 4.98 Å². The number of hydrogen-bond donors (Lipinski definition) is 0. The maximum absolute atomic E-state index is 12.7. The maximum atomic E-state index is 12.7. The molecule has 0 fully saturated rings. The number of esters is 1. The SMILES string of the molecule is Cc1cc(C(=O)COC(=O)C(C)(C)c2ccccc2)c(C)n1-c1nccs1. The number of thiazole rings is 1. The monoisotopic (exact) mass is 382 g/mol. The highest BCUT2D eigenvalue weighted by Crippen LogP contribution is 2.25. The second-order valence-electron chi connectivity index (χ2n) is 6.93. The van der Waals surface area contributed by atoms with Crippen LogP contribution in [-0.4, -0.2) is 27.9 Å². The minimum absolute atomic E-state index is 0.219. The number of Topliss-reactive ketones (excluding diaryl/α,β-unsaturated/α-hetero) is 1. The van der Waals surface area contributed by atoms with Crippen LogP contribution < -0.4 is 0 Å². The fourth-order valence-corrected chi connectivity index (χ4v) is 3.78. The van der Waals surface area contributed by atoms with Gasteiger partial charge in [-0.05, 0) is 39.3 Å². The van der Waals surface area contributed by atoms with Crippen LogP contribution in [0, 0.1) is 13.8 Å². The summed E-state index contributed by atoms with van der Waals surface area (Å²) in [5.41, 5.74) is 2.30. The summed E-state index contributed by atoms with van der Waals surface area (Å²) in [6.07, 6.45) is 1.73. The van der Waals surface area contributed by atoms with E-state index in [2.05, 4.69) is 4.98 Å². The van der Waals surface area contributed by atoms with Gasteiger partial charge in [-0.15, -0.1) is 11.3 Å². The first-order valence-corrected chi connectivity index (χ1v) is 9.55. The van der Waals surface area contributed by atoms with E-state index < -0.39 is 11.4 Å². The van der Waals surface area contributed by atoms with Gasteiger partial charge in [0, 0.05) is 28.5 Å². The highest BCUT2D eigenvalue weighted by Gasteiger charge is 2.32. The van der Waals surface area contributed by atoms with Crippen molar-refractivity contribution in [3.05, 3.63) is 70.5 Å². The molecule has 5 nitrogen and oxygen atoms in total. The van der Waals surface area contributed by atoms with Crippen LogP contribution in [0.25, 0.3) is 5.13 Å². The van der Waals surface area contributed by atoms with E-state index in [0.717, 1.165) is 22.1 Å². The highest BCUT2D eigenvalue weighted by atomic mass is 32.1. The van der Waals surface area contributed by atoms with Crippen LogP contribution in [0.5, 0.6) is 0 Å². The van der Waals surface area contributed by atoms with Gasteiger partial charge >= 0.3 is 5.97 Å². The van der Waals surface area contributed by atoms with Crippen molar-refractivity contribution < 1.29 is 14.3 Å². The average molecular weight is 382 g/mol. The smallest absolute Gasteiger partial charge is 0.316 e. The van der Waals surface area contributed by atoms with Gasteiger partial charge < -0.3 is 4.74 Å². The van der Waals surface area contributed by atoms with E-state index in [1.165, 1.54) is 11.3 Å². The summed E-state index contributed by atoms with van der Waals surface area (Å²) in [6, 6.07) is 11.2. The number of aromatic nitrogens is 2. The minimum Gasteiger partial charge on any atom is -0.457 e. The van der Waals surface area contributed by atoms with Crippen molar-refractivity contribution in [3.8, 4) is 5.13 Å². The predicted molar refractivity (Wildman–Crippen MR) is 106 cm³/mol. The molecule has 0 unspecified atom stereocenters. The van der Waals surface area contributed by atoms with Gasteiger partial charge in [0.1, 0.15) is 0 Å². The first-order chi connectivity index (χ1) is 12.8. The molecule has 3 rings (SSSR count). The Morgan fingerprint density at radius 3 is 2.52 bits per heavy atom. The number of carbonyl (C=O) groups is 2. The lowest BCUT2D eigenvalue weighted by atomic mass is 9.85. The van der Waals surface area contributed by atoms with E-state index in [0.29, 0.717) is 5.56 Å². The molecule has 0 saturated carbocycles. The molecular formula is C21H22N2O3S. The third-order valence-corrected chi connectivity index (χ3v) is 5.44. The van der Waals surface area contributed by atoms with Crippen molar-refractivity contribution in [2.75, 3.05) is 6.61 Å². The van der Waals surface area contributed by atoms with E-state index in [1.54, 1.807) is 20.0 Å². The van der Waals surface area contributed by atoms with Crippen molar-refractivity contribution in [1.29, 1.82) is 0 Å². The van der Waals surface area contributed by atoms with Crippen LogP contribution >= 0.6 is 11.3 Å². The zero-order valence-electron chi connectivity index (χ0n) is 15.9. The van der Waals surface area contributed by atoms with E-state index in [-0.39, 0.29) is 12.4 Å². The van der Waals surface area contributed by atoms with Crippen molar-refractivity contribution in [1.82, 2.24) is 9.55 Å². The zero-order valence-corrected chi connectivity index (χ0v) is 16.7. The van der Waals surface area contributed by atoms with Gasteiger partial charge in [0.15, 0.2) is 11.7 Å². The van der Waals surface area contributed by atoms with Crippen molar-refractivity contribution in [2.24, 2.45) is 0 Å². The molecule has 27 heavy (non-hydrogen) atoms. The molecule has 0 saturated heterocycles. The van der Waals surface area contributed by atoms with Gasteiger partial charge in [0.25, 0.3) is 0 Å². The van der Waals surface area contributed by atoms with E-state index >= 15 is 0 Å². The largest absolute Gasteiger partial charge is 0.457 e. The molecule has 0 bridgehead atoms. The number of aryl methyl sites for hydroxylation is 1. The Kier molecular flexibility index (Phi) is 5.28. The number of ether oxygens (including phenoxy) is 1. The Morgan fingerprint density at radius 2 is 1.89 bits per heavy atom. The summed E-state index contributed by atoms with van der Waals surface area (Å²) in [6.45, 7) is 7.11. The van der Waals surface area contributed by atoms with E-state index in [9.17, 15) is 9.59 Å². The van der Waals surface area contributed by atoms with Gasteiger partial charge in [-0.2, -0.15) is 0 Å². The van der Waals surface area contributed by atoms with Gasteiger partial charge in [-0.1, -0.05) is 30.3 Å². The summed E-state index contributed by atoms with van der Waals surface area (Å²) < 4.78 is 7.30. The second-order valence-corrected chi connectivity index (χ2v) is 7.80. The average Bonchev–Trinajstić information content (AvgIpc) is 3.27. The molecule has 0 aliphatic rings. The third-order valence-electron chi connectivity index (χ3n) is 4.68. The molecule has 1 aromatic carbocycles. The Bertz CT molecular complexity index is 957. The fourth-order valence-electron chi connectivity index (χ4n) is 3.03. The summed E-state index contributed by atoms with van der Waals surface area (Å²) in [5.74, 6) is -0.640. The molecule has 2 aromatic heterocycles. The Hall–Kier alpha value is -2.73. The lowest BCUT2D eigenvalue weighted by Crippen LogP contribution is -2.32. The van der Waals surface area contributed by atoms with Gasteiger partial charge in [0.2, 0.25) is 5.78 Å². The van der Waals surface area contributed by atoms with Gasteiger partial charge in [0.05, 0.1) is 5.41 Å². The number of rotatable bonds is 6. The maximum Gasteiger partial charge on any atom is 0.316 e. The number of carbonyl (C=O) groups excluding carboxylic acids is 2. The molecule has 3 aromatic rings. The quantitative estimate of drug-likeness (QED) is 0.472. The molecule has 0 amide bonds. The lowest BCUT2D eigenvalue weighted by molar-refractivity contribution is -0.148. The molecule has 0 aliphatic carbocycles. The van der Waals surface area contributed by atoms with E-state index in [1.807, 2.05) is 60.2 Å². The normalized spacial score (nSPS) is 11.4. The Labute approximate surface area is 162 Å². The Morgan fingerprint density at radius 1 is 1.19 bits per heavy atom. The fraction of sp³-hybridized carbons (Fsp3) is 0.286. The molecule has 140 valence electrons.